The summed E-state index contributed by atoms with van der Waals surface area (Å²) in [6, 6.07) is 8.63. The van der Waals surface area contributed by atoms with Gasteiger partial charge in [0.25, 0.3) is 5.91 Å². The van der Waals surface area contributed by atoms with Gasteiger partial charge in [0, 0.05) is 11.6 Å². The molecule has 1 heterocycles. The minimum Gasteiger partial charge on any atom is -0.321 e. The number of amides is 1. The number of halogens is 1. The molecule has 0 aliphatic heterocycles. The van der Waals surface area contributed by atoms with Crippen LogP contribution in [0.4, 0.5) is 5.69 Å². The van der Waals surface area contributed by atoms with Crippen LogP contribution >= 0.6 is 11.6 Å². The van der Waals surface area contributed by atoms with Crippen LogP contribution in [0.25, 0.3) is 0 Å². The molecule has 1 aromatic heterocycles. The third-order valence-electron chi connectivity index (χ3n) is 2.74. The Kier molecular flexibility index (Phi) is 4.51. The molecule has 0 aliphatic rings. The van der Waals surface area contributed by atoms with Gasteiger partial charge in [-0.2, -0.15) is 5.26 Å². The normalized spacial score (nSPS) is 10.2. The summed E-state index contributed by atoms with van der Waals surface area (Å²) in [6.45, 7) is 3.86. The molecule has 5 nitrogen and oxygen atoms in total. The number of nitrogens with zero attached hydrogens (tertiary/aromatic N) is 3. The van der Waals surface area contributed by atoms with E-state index in [9.17, 15) is 4.79 Å². The van der Waals surface area contributed by atoms with Gasteiger partial charge in [-0.25, -0.2) is 9.97 Å². The average molecular weight is 301 g/mol. The molecular formula is C15H13ClN4O. The average Bonchev–Trinajstić information content (AvgIpc) is 2.47. The Labute approximate surface area is 127 Å². The van der Waals surface area contributed by atoms with E-state index in [1.807, 2.05) is 19.9 Å². The molecule has 6 heteroatoms. The van der Waals surface area contributed by atoms with E-state index >= 15 is 0 Å². The maximum absolute atomic E-state index is 12.2. The van der Waals surface area contributed by atoms with E-state index in [4.69, 9.17) is 16.9 Å². The Morgan fingerprint density at radius 2 is 2.19 bits per heavy atom. The van der Waals surface area contributed by atoms with Crippen LogP contribution in [0.1, 0.15) is 41.6 Å². The topological polar surface area (TPSA) is 78.7 Å². The quantitative estimate of drug-likeness (QED) is 0.942. The van der Waals surface area contributed by atoms with Crippen LogP contribution in [0, 0.1) is 11.3 Å². The molecule has 0 aliphatic carbocycles. The zero-order chi connectivity index (χ0) is 15.4. The minimum atomic E-state index is -0.431. The summed E-state index contributed by atoms with van der Waals surface area (Å²) < 4.78 is 0. The lowest BCUT2D eigenvalue weighted by Crippen LogP contribution is -2.16. The highest BCUT2D eigenvalue weighted by atomic mass is 35.5. The van der Waals surface area contributed by atoms with Crippen molar-refractivity contribution < 1.29 is 4.79 Å². The Morgan fingerprint density at radius 3 is 2.86 bits per heavy atom. The number of nitrogens with one attached hydrogen (secondary N) is 1. The number of benzene rings is 1. The van der Waals surface area contributed by atoms with Crippen LogP contribution in [0.5, 0.6) is 0 Å². The van der Waals surface area contributed by atoms with Crippen molar-refractivity contribution in [2.45, 2.75) is 19.8 Å². The fraction of sp³-hybridized carbons (Fsp3) is 0.200. The predicted molar refractivity (Wildman–Crippen MR) is 80.2 cm³/mol. The van der Waals surface area contributed by atoms with Crippen molar-refractivity contribution in [3.63, 3.8) is 0 Å². The molecule has 21 heavy (non-hydrogen) atoms. The van der Waals surface area contributed by atoms with Gasteiger partial charge >= 0.3 is 0 Å². The van der Waals surface area contributed by atoms with Crippen LogP contribution < -0.4 is 5.32 Å². The summed E-state index contributed by atoms with van der Waals surface area (Å²) in [5.41, 5.74) is 1.10. The molecule has 0 atom stereocenters. The number of carbonyl (C=O) groups is 1. The van der Waals surface area contributed by atoms with Gasteiger partial charge in [-0.15, -0.1) is 0 Å². The minimum absolute atomic E-state index is 0.0933. The summed E-state index contributed by atoms with van der Waals surface area (Å²) in [6.07, 6.45) is 1.42. The molecule has 1 aromatic carbocycles. The number of hydrogen-bond donors (Lipinski definition) is 1. The van der Waals surface area contributed by atoms with Gasteiger partial charge in [0.05, 0.1) is 22.9 Å². The monoisotopic (exact) mass is 300 g/mol. The van der Waals surface area contributed by atoms with E-state index < -0.39 is 5.91 Å². The summed E-state index contributed by atoms with van der Waals surface area (Å²) >= 11 is 5.98. The van der Waals surface area contributed by atoms with E-state index in [1.165, 1.54) is 6.20 Å². The molecule has 106 valence electrons. The van der Waals surface area contributed by atoms with Crippen molar-refractivity contribution in [2.24, 2.45) is 0 Å². The first kappa shape index (κ1) is 14.9. The Hall–Kier alpha value is -2.45. The smallest absolute Gasteiger partial charge is 0.275 e. The van der Waals surface area contributed by atoms with E-state index in [2.05, 4.69) is 15.3 Å². The summed E-state index contributed by atoms with van der Waals surface area (Å²) in [5, 5.41) is 11.7. The number of carbonyl (C=O) groups excluding carboxylic acids is 1. The third kappa shape index (κ3) is 3.56. The first-order valence-corrected chi connectivity index (χ1v) is 6.73. The fourth-order valence-corrected chi connectivity index (χ4v) is 1.85. The second-order valence-electron chi connectivity index (χ2n) is 4.73. The molecule has 0 radical (unpaired) electrons. The highest BCUT2D eigenvalue weighted by molar-refractivity contribution is 6.33. The molecule has 0 unspecified atom stereocenters. The summed E-state index contributed by atoms with van der Waals surface area (Å²) in [7, 11) is 0. The molecule has 2 rings (SSSR count). The summed E-state index contributed by atoms with van der Waals surface area (Å²) in [5.74, 6) is 0.213. The van der Waals surface area contributed by atoms with Gasteiger partial charge < -0.3 is 5.32 Å². The molecular weight excluding hydrogens is 288 g/mol. The standard InChI is InChI=1S/C15H13ClN4O/c1-9(2)14-18-8-12(16)13(20-14)15(21)19-11-5-3-4-10(6-11)7-17/h3-6,8-9H,1-2H3,(H,19,21). The van der Waals surface area contributed by atoms with Gasteiger partial charge in [-0.05, 0) is 18.2 Å². The maximum Gasteiger partial charge on any atom is 0.275 e. The molecule has 2 aromatic rings. The zero-order valence-electron chi connectivity index (χ0n) is 11.6. The largest absolute Gasteiger partial charge is 0.321 e. The lowest BCUT2D eigenvalue weighted by atomic mass is 10.2. The van der Waals surface area contributed by atoms with Crippen LogP contribution in [0.3, 0.4) is 0 Å². The van der Waals surface area contributed by atoms with E-state index in [0.717, 1.165) is 0 Å². The van der Waals surface area contributed by atoms with Gasteiger partial charge in [0.2, 0.25) is 0 Å². The van der Waals surface area contributed by atoms with Crippen molar-refractivity contribution in [3.05, 3.63) is 52.6 Å². The highest BCUT2D eigenvalue weighted by Gasteiger charge is 2.15. The van der Waals surface area contributed by atoms with E-state index in [0.29, 0.717) is 17.1 Å². The first-order chi connectivity index (χ1) is 10.0. The number of rotatable bonds is 3. The molecule has 0 spiro atoms. The Morgan fingerprint density at radius 1 is 1.43 bits per heavy atom. The lowest BCUT2D eigenvalue weighted by Gasteiger charge is -2.09. The van der Waals surface area contributed by atoms with Crippen molar-refractivity contribution in [2.75, 3.05) is 5.32 Å². The van der Waals surface area contributed by atoms with Crippen LogP contribution in [0.2, 0.25) is 5.02 Å². The Balaban J connectivity index is 2.28. The van der Waals surface area contributed by atoms with Crippen LogP contribution in [-0.2, 0) is 0 Å². The fourth-order valence-electron chi connectivity index (χ4n) is 1.67. The van der Waals surface area contributed by atoms with E-state index in [1.54, 1.807) is 24.3 Å². The predicted octanol–water partition coefficient (Wildman–Crippen LogP) is 3.38. The SMILES string of the molecule is CC(C)c1ncc(Cl)c(C(=O)Nc2cccc(C#N)c2)n1. The number of nitriles is 1. The van der Waals surface area contributed by atoms with Gasteiger partial charge in [-0.3, -0.25) is 4.79 Å². The maximum atomic E-state index is 12.2. The molecule has 0 bridgehead atoms. The van der Waals surface area contributed by atoms with Crippen molar-refractivity contribution in [3.8, 4) is 6.07 Å². The zero-order valence-corrected chi connectivity index (χ0v) is 12.3. The number of anilines is 1. The molecule has 0 fully saturated rings. The molecule has 1 N–H and O–H groups in total. The number of hydrogen-bond acceptors (Lipinski definition) is 4. The molecule has 0 saturated heterocycles. The Bertz CT molecular complexity index is 722. The van der Waals surface area contributed by atoms with Crippen molar-refractivity contribution >= 4 is 23.2 Å². The highest BCUT2D eigenvalue weighted by Crippen LogP contribution is 2.18. The van der Waals surface area contributed by atoms with E-state index in [-0.39, 0.29) is 16.6 Å². The first-order valence-electron chi connectivity index (χ1n) is 6.35. The van der Waals surface area contributed by atoms with Gasteiger partial charge in [0.1, 0.15) is 5.82 Å². The van der Waals surface area contributed by atoms with Gasteiger partial charge in [-0.1, -0.05) is 31.5 Å². The van der Waals surface area contributed by atoms with Crippen LogP contribution in [-0.4, -0.2) is 15.9 Å². The third-order valence-corrected chi connectivity index (χ3v) is 3.02. The second kappa shape index (κ2) is 6.33. The lowest BCUT2D eigenvalue weighted by molar-refractivity contribution is 0.102. The summed E-state index contributed by atoms with van der Waals surface area (Å²) in [4.78, 5) is 20.5. The van der Waals surface area contributed by atoms with Crippen molar-refractivity contribution in [1.29, 1.82) is 5.26 Å². The molecule has 0 saturated carbocycles. The van der Waals surface area contributed by atoms with Crippen LogP contribution in [0.15, 0.2) is 30.5 Å². The molecule has 1 amide bonds. The second-order valence-corrected chi connectivity index (χ2v) is 5.13. The van der Waals surface area contributed by atoms with Crippen molar-refractivity contribution in [1.82, 2.24) is 9.97 Å². The van der Waals surface area contributed by atoms with Gasteiger partial charge in [0.15, 0.2) is 5.69 Å². The number of aromatic nitrogens is 2.